The van der Waals surface area contributed by atoms with Crippen LogP contribution in [-0.4, -0.2) is 51.9 Å². The quantitative estimate of drug-likeness (QED) is 0.799. The molecule has 1 aliphatic rings. The molecule has 128 valence electrons. The lowest BCUT2D eigenvalue weighted by molar-refractivity contribution is 0.0626. The van der Waals surface area contributed by atoms with Gasteiger partial charge in [0.05, 0.1) is 17.6 Å². The van der Waals surface area contributed by atoms with Gasteiger partial charge in [0.25, 0.3) is 5.91 Å². The normalized spacial score (nSPS) is 15.6. The van der Waals surface area contributed by atoms with Crippen LogP contribution in [0.2, 0.25) is 0 Å². The maximum absolute atomic E-state index is 13.0. The first-order valence-corrected chi connectivity index (χ1v) is 8.40. The van der Waals surface area contributed by atoms with Crippen LogP contribution < -0.4 is 0 Å². The lowest BCUT2D eigenvalue weighted by atomic mass is 10.2. The Bertz CT molecular complexity index is 849. The largest absolute Gasteiger partial charge is 0.341 e. The Morgan fingerprint density at radius 2 is 1.76 bits per heavy atom. The first-order chi connectivity index (χ1) is 12.2. The lowest BCUT2D eigenvalue weighted by Crippen LogP contribution is -2.48. The van der Waals surface area contributed by atoms with E-state index in [0.29, 0.717) is 18.7 Å². The van der Waals surface area contributed by atoms with Crippen LogP contribution in [0.3, 0.4) is 0 Å². The molecule has 25 heavy (non-hydrogen) atoms. The highest BCUT2D eigenvalue weighted by molar-refractivity contribution is 5.94. The lowest BCUT2D eigenvalue weighted by Gasteiger charge is -2.34. The predicted molar refractivity (Wildman–Crippen MR) is 93.7 cm³/mol. The number of imidazole rings is 1. The molecule has 4 rings (SSSR count). The summed E-state index contributed by atoms with van der Waals surface area (Å²) in [6, 6.07) is 13.7. The summed E-state index contributed by atoms with van der Waals surface area (Å²) >= 11 is 0. The van der Waals surface area contributed by atoms with E-state index in [9.17, 15) is 9.18 Å². The number of piperazine rings is 1. The number of aromatic nitrogens is 2. The van der Waals surface area contributed by atoms with Gasteiger partial charge >= 0.3 is 0 Å². The molecule has 2 aromatic carbocycles. The Labute approximate surface area is 145 Å². The molecule has 0 unspecified atom stereocenters. The zero-order valence-electron chi connectivity index (χ0n) is 13.8. The van der Waals surface area contributed by atoms with Crippen LogP contribution in [0.15, 0.2) is 48.5 Å². The third-order valence-electron chi connectivity index (χ3n) is 4.56. The molecule has 0 aliphatic carbocycles. The fraction of sp³-hybridized carbons (Fsp3) is 0.263. The van der Waals surface area contributed by atoms with Gasteiger partial charge in [0.1, 0.15) is 11.6 Å². The van der Waals surface area contributed by atoms with Crippen LogP contribution in [0.5, 0.6) is 0 Å². The number of nitrogens with zero attached hydrogens (tertiary/aromatic N) is 3. The Kier molecular flexibility index (Phi) is 4.19. The third kappa shape index (κ3) is 3.39. The zero-order valence-corrected chi connectivity index (χ0v) is 13.8. The fourth-order valence-corrected chi connectivity index (χ4v) is 3.18. The monoisotopic (exact) mass is 338 g/mol. The minimum absolute atomic E-state index is 0.0385. The van der Waals surface area contributed by atoms with Crippen LogP contribution in [0.1, 0.15) is 16.2 Å². The van der Waals surface area contributed by atoms with Crippen molar-refractivity contribution in [3.05, 3.63) is 65.7 Å². The second-order valence-electron chi connectivity index (χ2n) is 6.28. The average Bonchev–Trinajstić information content (AvgIpc) is 3.05. The van der Waals surface area contributed by atoms with Gasteiger partial charge in [-0.05, 0) is 36.4 Å². The van der Waals surface area contributed by atoms with Gasteiger partial charge in [-0.15, -0.1) is 0 Å². The van der Waals surface area contributed by atoms with Crippen molar-refractivity contribution < 1.29 is 9.18 Å². The highest BCUT2D eigenvalue weighted by atomic mass is 19.1. The van der Waals surface area contributed by atoms with Crippen molar-refractivity contribution >= 4 is 16.9 Å². The number of hydrogen-bond donors (Lipinski definition) is 1. The number of aromatic amines is 1. The summed E-state index contributed by atoms with van der Waals surface area (Å²) in [6.45, 7) is 3.66. The summed E-state index contributed by atoms with van der Waals surface area (Å²) in [5, 5.41) is 0. The number of para-hydroxylation sites is 2. The summed E-state index contributed by atoms with van der Waals surface area (Å²) in [5.74, 6) is 0.579. The second kappa shape index (κ2) is 6.64. The molecule has 5 nitrogen and oxygen atoms in total. The van der Waals surface area contributed by atoms with Gasteiger partial charge in [0.15, 0.2) is 0 Å². The molecule has 0 spiro atoms. The minimum Gasteiger partial charge on any atom is -0.341 e. The van der Waals surface area contributed by atoms with Crippen molar-refractivity contribution in [1.82, 2.24) is 19.8 Å². The molecular formula is C19H19FN4O. The highest BCUT2D eigenvalue weighted by Gasteiger charge is 2.22. The van der Waals surface area contributed by atoms with Crippen molar-refractivity contribution in [1.29, 1.82) is 0 Å². The van der Waals surface area contributed by atoms with Crippen molar-refractivity contribution in [3.63, 3.8) is 0 Å². The number of hydrogen-bond acceptors (Lipinski definition) is 3. The number of carbonyl (C=O) groups excluding carboxylic acids is 1. The highest BCUT2D eigenvalue weighted by Crippen LogP contribution is 2.14. The molecular weight excluding hydrogens is 319 g/mol. The fourth-order valence-electron chi connectivity index (χ4n) is 3.18. The van der Waals surface area contributed by atoms with Crippen LogP contribution in [0.25, 0.3) is 11.0 Å². The Morgan fingerprint density at radius 1 is 1.04 bits per heavy atom. The molecule has 0 bridgehead atoms. The van der Waals surface area contributed by atoms with Gasteiger partial charge in [0, 0.05) is 31.7 Å². The van der Waals surface area contributed by atoms with E-state index >= 15 is 0 Å². The van der Waals surface area contributed by atoms with E-state index in [1.165, 1.54) is 12.1 Å². The van der Waals surface area contributed by atoms with E-state index in [2.05, 4.69) is 14.9 Å². The molecule has 1 amide bonds. The number of amides is 1. The first kappa shape index (κ1) is 15.8. The third-order valence-corrected chi connectivity index (χ3v) is 4.56. The van der Waals surface area contributed by atoms with E-state index in [0.717, 1.165) is 36.5 Å². The Hall–Kier alpha value is -2.73. The predicted octanol–water partition coefficient (Wildman–Crippen LogP) is 2.66. The molecule has 1 fully saturated rings. The van der Waals surface area contributed by atoms with Crippen molar-refractivity contribution in [2.45, 2.75) is 6.54 Å². The van der Waals surface area contributed by atoms with Crippen molar-refractivity contribution in [2.24, 2.45) is 0 Å². The molecule has 1 saturated heterocycles. The van der Waals surface area contributed by atoms with Gasteiger partial charge in [-0.1, -0.05) is 12.1 Å². The Balaban J connectivity index is 1.36. The topological polar surface area (TPSA) is 52.2 Å². The number of halogens is 1. The van der Waals surface area contributed by atoms with Crippen molar-refractivity contribution in [3.8, 4) is 0 Å². The van der Waals surface area contributed by atoms with Crippen LogP contribution in [0.4, 0.5) is 4.39 Å². The molecule has 1 N–H and O–H groups in total. The average molecular weight is 338 g/mol. The standard InChI is InChI=1S/C19H19FN4O/c20-15-7-5-14(6-8-15)19(25)24-11-9-23(10-12-24)13-18-21-16-3-1-2-4-17(16)22-18/h1-8H,9-13H2,(H,21,22). The smallest absolute Gasteiger partial charge is 0.253 e. The number of H-pyrrole nitrogens is 1. The van der Waals surface area contributed by atoms with Gasteiger partial charge in [-0.2, -0.15) is 0 Å². The van der Waals surface area contributed by atoms with E-state index in [-0.39, 0.29) is 11.7 Å². The molecule has 1 aliphatic heterocycles. The number of benzene rings is 2. The van der Waals surface area contributed by atoms with Gasteiger partial charge in [0.2, 0.25) is 0 Å². The van der Waals surface area contributed by atoms with Gasteiger partial charge in [-0.3, -0.25) is 9.69 Å². The van der Waals surface area contributed by atoms with Gasteiger partial charge < -0.3 is 9.88 Å². The Morgan fingerprint density at radius 3 is 2.48 bits per heavy atom. The minimum atomic E-state index is -0.327. The number of nitrogens with one attached hydrogen (secondary N) is 1. The second-order valence-corrected chi connectivity index (χ2v) is 6.28. The summed E-state index contributed by atoms with van der Waals surface area (Å²) in [4.78, 5) is 24.5. The van der Waals surface area contributed by atoms with Gasteiger partial charge in [-0.25, -0.2) is 9.37 Å². The zero-order chi connectivity index (χ0) is 17.2. The van der Waals surface area contributed by atoms with Crippen LogP contribution in [0, 0.1) is 5.82 Å². The molecule has 0 saturated carbocycles. The van der Waals surface area contributed by atoms with E-state index in [1.807, 2.05) is 29.2 Å². The van der Waals surface area contributed by atoms with E-state index in [1.54, 1.807) is 12.1 Å². The van der Waals surface area contributed by atoms with Crippen LogP contribution >= 0.6 is 0 Å². The number of fused-ring (bicyclic) bond motifs is 1. The molecule has 0 radical (unpaired) electrons. The number of rotatable bonds is 3. The van der Waals surface area contributed by atoms with E-state index in [4.69, 9.17) is 0 Å². The van der Waals surface area contributed by atoms with Crippen molar-refractivity contribution in [2.75, 3.05) is 26.2 Å². The molecule has 3 aromatic rings. The molecule has 6 heteroatoms. The molecule has 0 atom stereocenters. The summed E-state index contributed by atoms with van der Waals surface area (Å²) in [5.41, 5.74) is 2.55. The van der Waals surface area contributed by atoms with Crippen LogP contribution in [-0.2, 0) is 6.54 Å². The first-order valence-electron chi connectivity index (χ1n) is 8.40. The SMILES string of the molecule is O=C(c1ccc(F)cc1)N1CCN(Cc2nc3ccccc3[nH]2)CC1. The summed E-state index contributed by atoms with van der Waals surface area (Å²) < 4.78 is 13.0. The number of carbonyl (C=O) groups is 1. The van der Waals surface area contributed by atoms with E-state index < -0.39 is 0 Å². The summed E-state index contributed by atoms with van der Waals surface area (Å²) in [6.07, 6.45) is 0. The maximum atomic E-state index is 13.0. The molecule has 1 aromatic heterocycles. The summed E-state index contributed by atoms with van der Waals surface area (Å²) in [7, 11) is 0. The molecule has 2 heterocycles. The maximum Gasteiger partial charge on any atom is 0.253 e.